The highest BCUT2D eigenvalue weighted by atomic mass is 32.2. The summed E-state index contributed by atoms with van der Waals surface area (Å²) in [7, 11) is -1.52. The molecule has 0 unspecified atom stereocenters. The van der Waals surface area contributed by atoms with Gasteiger partial charge in [-0.05, 0) is 38.8 Å². The van der Waals surface area contributed by atoms with E-state index in [1.54, 1.807) is 11.4 Å². The summed E-state index contributed by atoms with van der Waals surface area (Å²) >= 11 is 0. The van der Waals surface area contributed by atoms with Crippen LogP contribution >= 0.6 is 0 Å². The topological polar surface area (TPSA) is 74.2 Å². The Bertz CT molecular complexity index is 770. The first-order valence-corrected chi connectivity index (χ1v) is 11.4. The molecule has 2 rings (SSSR count). The van der Waals surface area contributed by atoms with E-state index in [-0.39, 0.29) is 18.5 Å². The summed E-state index contributed by atoms with van der Waals surface area (Å²) in [5.41, 5.74) is 3.74. The molecule has 0 atom stereocenters. The highest BCUT2D eigenvalue weighted by Crippen LogP contribution is 2.12. The van der Waals surface area contributed by atoms with Gasteiger partial charge in [-0.25, -0.2) is 8.42 Å². The van der Waals surface area contributed by atoms with Crippen molar-refractivity contribution in [1.29, 1.82) is 0 Å². The van der Waals surface area contributed by atoms with Crippen LogP contribution in [-0.2, 0) is 21.3 Å². The summed E-state index contributed by atoms with van der Waals surface area (Å²) in [5.74, 6) is 0.838. The van der Waals surface area contributed by atoms with Crippen molar-refractivity contribution >= 4 is 16.0 Å². The molecule has 8 heteroatoms. The largest absolute Gasteiger partial charge is 0.378 e. The molecule has 158 valence electrons. The second-order valence-electron chi connectivity index (χ2n) is 7.45. The number of aryl methyl sites for hydroxylation is 2. The molecule has 1 saturated heterocycles. The number of hydrogen-bond donors (Lipinski definition) is 1. The van der Waals surface area contributed by atoms with E-state index >= 15 is 0 Å². The Labute approximate surface area is 169 Å². The molecule has 1 aliphatic heterocycles. The van der Waals surface area contributed by atoms with Crippen LogP contribution in [0.5, 0.6) is 0 Å². The molecule has 1 aromatic carbocycles. The van der Waals surface area contributed by atoms with Crippen molar-refractivity contribution in [2.24, 2.45) is 4.99 Å². The summed E-state index contributed by atoms with van der Waals surface area (Å²) < 4.78 is 31.9. The standard InChI is InChI=1S/C20H34N4O3S/c1-16(2)27-12-13-28(25,26)24-10-8-23(9-11-24)20(21-5)22-15-19-7-6-17(3)14-18(19)4/h6-7,14,16H,8-13,15H2,1-5H3,(H,21,22). The van der Waals surface area contributed by atoms with Crippen molar-refractivity contribution in [3.8, 4) is 0 Å². The Hall–Kier alpha value is -1.64. The Morgan fingerprint density at radius 3 is 2.46 bits per heavy atom. The number of guanidine groups is 1. The molecule has 0 aliphatic carbocycles. The molecule has 0 amide bonds. The lowest BCUT2D eigenvalue weighted by atomic mass is 10.1. The molecule has 7 nitrogen and oxygen atoms in total. The van der Waals surface area contributed by atoms with Crippen LogP contribution in [0.15, 0.2) is 23.2 Å². The maximum atomic E-state index is 12.5. The minimum absolute atomic E-state index is 0.0326. The zero-order valence-electron chi connectivity index (χ0n) is 17.7. The Balaban J connectivity index is 1.86. The average molecular weight is 411 g/mol. The van der Waals surface area contributed by atoms with Crippen LogP contribution in [-0.4, -0.2) is 75.3 Å². The number of aliphatic imine (C=N–C) groups is 1. The zero-order valence-corrected chi connectivity index (χ0v) is 18.6. The van der Waals surface area contributed by atoms with Gasteiger partial charge in [0.25, 0.3) is 0 Å². The lowest BCUT2D eigenvalue weighted by Gasteiger charge is -2.36. The number of piperazine rings is 1. The first kappa shape index (κ1) is 22.6. The number of nitrogens with one attached hydrogen (secondary N) is 1. The maximum absolute atomic E-state index is 12.5. The molecule has 0 bridgehead atoms. The predicted molar refractivity (Wildman–Crippen MR) is 114 cm³/mol. The molecule has 1 N–H and O–H groups in total. The molecular weight excluding hydrogens is 376 g/mol. The Morgan fingerprint density at radius 2 is 1.89 bits per heavy atom. The number of nitrogens with zero attached hydrogens (tertiary/aromatic N) is 3. The third-order valence-corrected chi connectivity index (χ3v) is 6.71. The van der Waals surface area contributed by atoms with E-state index < -0.39 is 10.0 Å². The van der Waals surface area contributed by atoms with E-state index in [0.717, 1.165) is 5.96 Å². The molecular formula is C20H34N4O3S. The van der Waals surface area contributed by atoms with Crippen LogP contribution in [0.25, 0.3) is 0 Å². The zero-order chi connectivity index (χ0) is 20.7. The summed E-state index contributed by atoms with van der Waals surface area (Å²) in [6, 6.07) is 6.42. The van der Waals surface area contributed by atoms with Crippen molar-refractivity contribution in [3.63, 3.8) is 0 Å². The second-order valence-corrected chi connectivity index (χ2v) is 9.54. The molecule has 1 heterocycles. The number of ether oxygens (including phenoxy) is 1. The van der Waals surface area contributed by atoms with Crippen molar-refractivity contribution in [2.75, 3.05) is 45.6 Å². The van der Waals surface area contributed by atoms with E-state index in [1.165, 1.54) is 16.7 Å². The van der Waals surface area contributed by atoms with Gasteiger partial charge in [0.2, 0.25) is 10.0 Å². The maximum Gasteiger partial charge on any atom is 0.216 e. The molecule has 1 aliphatic rings. The van der Waals surface area contributed by atoms with E-state index in [4.69, 9.17) is 4.74 Å². The fraction of sp³-hybridized carbons (Fsp3) is 0.650. The number of sulfonamides is 1. The second kappa shape index (κ2) is 10.2. The van der Waals surface area contributed by atoms with Crippen molar-refractivity contribution in [2.45, 2.75) is 40.3 Å². The molecule has 0 aromatic heterocycles. The summed E-state index contributed by atoms with van der Waals surface area (Å²) in [5, 5.41) is 3.40. The molecule has 1 fully saturated rings. The van der Waals surface area contributed by atoms with Gasteiger partial charge in [0.05, 0.1) is 18.5 Å². The van der Waals surface area contributed by atoms with Crippen molar-refractivity contribution in [3.05, 3.63) is 34.9 Å². The van der Waals surface area contributed by atoms with Gasteiger partial charge in [-0.2, -0.15) is 4.31 Å². The number of hydrogen-bond acceptors (Lipinski definition) is 4. The van der Waals surface area contributed by atoms with Crippen LogP contribution in [0.4, 0.5) is 0 Å². The lowest BCUT2D eigenvalue weighted by molar-refractivity contribution is 0.0904. The van der Waals surface area contributed by atoms with Gasteiger partial charge in [0.1, 0.15) is 0 Å². The SMILES string of the molecule is CN=C(NCc1ccc(C)cc1C)N1CCN(S(=O)(=O)CCOC(C)C)CC1. The monoisotopic (exact) mass is 410 g/mol. The van der Waals surface area contributed by atoms with Gasteiger partial charge in [0.15, 0.2) is 5.96 Å². The molecule has 0 radical (unpaired) electrons. The van der Waals surface area contributed by atoms with Crippen molar-refractivity contribution < 1.29 is 13.2 Å². The third kappa shape index (κ3) is 6.46. The fourth-order valence-electron chi connectivity index (χ4n) is 3.25. The summed E-state index contributed by atoms with van der Waals surface area (Å²) in [6.07, 6.45) is 0.0404. The third-order valence-electron chi connectivity index (χ3n) is 4.87. The van der Waals surface area contributed by atoms with Gasteiger partial charge < -0.3 is 15.0 Å². The smallest absolute Gasteiger partial charge is 0.216 e. The van der Waals surface area contributed by atoms with E-state index in [9.17, 15) is 8.42 Å². The predicted octanol–water partition coefficient (Wildman–Crippen LogP) is 1.75. The molecule has 28 heavy (non-hydrogen) atoms. The Morgan fingerprint density at radius 1 is 1.21 bits per heavy atom. The van der Waals surface area contributed by atoms with Crippen LogP contribution in [0.2, 0.25) is 0 Å². The van der Waals surface area contributed by atoms with Crippen LogP contribution in [0.1, 0.15) is 30.5 Å². The molecule has 1 aromatic rings. The number of rotatable bonds is 7. The minimum Gasteiger partial charge on any atom is -0.378 e. The summed E-state index contributed by atoms with van der Waals surface area (Å²) in [6.45, 7) is 11.1. The fourth-order valence-corrected chi connectivity index (χ4v) is 4.53. The van der Waals surface area contributed by atoms with Gasteiger partial charge in [0, 0.05) is 39.8 Å². The molecule has 0 spiro atoms. The average Bonchev–Trinajstić information content (AvgIpc) is 2.63. The highest BCUT2D eigenvalue weighted by Gasteiger charge is 2.28. The van der Waals surface area contributed by atoms with Gasteiger partial charge in [-0.1, -0.05) is 23.8 Å². The lowest BCUT2D eigenvalue weighted by Crippen LogP contribution is -2.54. The van der Waals surface area contributed by atoms with E-state index in [1.807, 2.05) is 13.8 Å². The highest BCUT2D eigenvalue weighted by molar-refractivity contribution is 7.89. The Kier molecular flexibility index (Phi) is 8.27. The first-order valence-electron chi connectivity index (χ1n) is 9.84. The normalized spacial score (nSPS) is 16.6. The first-order chi connectivity index (χ1) is 13.2. The van der Waals surface area contributed by atoms with Gasteiger partial charge in [-0.3, -0.25) is 4.99 Å². The number of benzene rings is 1. The van der Waals surface area contributed by atoms with Crippen LogP contribution in [0, 0.1) is 13.8 Å². The van der Waals surface area contributed by atoms with Crippen LogP contribution in [0.3, 0.4) is 0 Å². The van der Waals surface area contributed by atoms with Crippen molar-refractivity contribution in [1.82, 2.24) is 14.5 Å². The quantitative estimate of drug-likeness (QED) is 0.548. The van der Waals surface area contributed by atoms with Gasteiger partial charge >= 0.3 is 0 Å². The molecule has 0 saturated carbocycles. The van der Waals surface area contributed by atoms with E-state index in [2.05, 4.69) is 47.3 Å². The van der Waals surface area contributed by atoms with E-state index in [0.29, 0.717) is 32.7 Å². The minimum atomic E-state index is -3.28. The van der Waals surface area contributed by atoms with Crippen LogP contribution < -0.4 is 5.32 Å². The van der Waals surface area contributed by atoms with Gasteiger partial charge in [-0.15, -0.1) is 0 Å². The summed E-state index contributed by atoms with van der Waals surface area (Å²) in [4.78, 5) is 6.48.